The van der Waals surface area contributed by atoms with Crippen LogP contribution >= 0.6 is 0 Å². The van der Waals surface area contributed by atoms with Gasteiger partial charge in [-0.05, 0) is 45.4 Å². The molecule has 0 unspecified atom stereocenters. The number of unbranched alkanes of at least 4 members (excludes halogenated alkanes) is 15. The molecule has 0 bridgehead atoms. The van der Waals surface area contributed by atoms with Gasteiger partial charge >= 0.3 is 0 Å². The first-order chi connectivity index (χ1) is 12.8. The predicted octanol–water partition coefficient (Wildman–Crippen LogP) is 7.12. The standard InChI is InChI=1S/C24H51N2/c1-3-5-6-7-8-9-10-11-12-13-14-15-16-17-18-19-23-26(22-4-2)24-20-21-25/h2-25H2,1H3. The Labute approximate surface area is 166 Å². The van der Waals surface area contributed by atoms with Gasteiger partial charge in [0.1, 0.15) is 0 Å². The van der Waals surface area contributed by atoms with Gasteiger partial charge in [-0.1, -0.05) is 110 Å². The Morgan fingerprint density at radius 1 is 0.538 bits per heavy atom. The maximum atomic E-state index is 5.62. The molecule has 0 aliphatic carbocycles. The molecular formula is C24H51N2. The van der Waals surface area contributed by atoms with Gasteiger partial charge in [-0.2, -0.15) is 0 Å². The van der Waals surface area contributed by atoms with Crippen LogP contribution in [-0.4, -0.2) is 31.1 Å². The maximum absolute atomic E-state index is 5.62. The van der Waals surface area contributed by atoms with Crippen molar-refractivity contribution in [3.05, 3.63) is 6.92 Å². The largest absolute Gasteiger partial charge is 0.330 e. The van der Waals surface area contributed by atoms with Crippen molar-refractivity contribution < 1.29 is 0 Å². The molecule has 0 atom stereocenters. The van der Waals surface area contributed by atoms with E-state index in [1.807, 2.05) is 0 Å². The third-order valence-corrected chi connectivity index (χ3v) is 5.48. The molecule has 0 saturated heterocycles. The molecule has 0 aliphatic heterocycles. The van der Waals surface area contributed by atoms with E-state index < -0.39 is 0 Å². The number of hydrogen-bond acceptors (Lipinski definition) is 2. The lowest BCUT2D eigenvalue weighted by molar-refractivity contribution is 0.269. The zero-order valence-electron chi connectivity index (χ0n) is 18.3. The topological polar surface area (TPSA) is 29.3 Å². The lowest BCUT2D eigenvalue weighted by Crippen LogP contribution is -2.28. The highest BCUT2D eigenvalue weighted by atomic mass is 15.1. The minimum atomic E-state index is 0.812. The minimum absolute atomic E-state index is 0.812. The van der Waals surface area contributed by atoms with E-state index in [1.165, 1.54) is 109 Å². The summed E-state index contributed by atoms with van der Waals surface area (Å²) in [7, 11) is 0. The molecule has 0 aromatic carbocycles. The SMILES string of the molecule is [CH2]CCN(CCCN)CCCCCCCCCCCCCCCCCC. The Kier molecular flexibility index (Phi) is 22.9. The van der Waals surface area contributed by atoms with Crippen molar-refractivity contribution in [1.82, 2.24) is 4.90 Å². The summed E-state index contributed by atoms with van der Waals surface area (Å²) in [6, 6.07) is 0. The van der Waals surface area contributed by atoms with Gasteiger partial charge in [-0.15, -0.1) is 0 Å². The molecule has 157 valence electrons. The van der Waals surface area contributed by atoms with E-state index in [0.29, 0.717) is 0 Å². The molecule has 0 rings (SSSR count). The minimum Gasteiger partial charge on any atom is -0.330 e. The van der Waals surface area contributed by atoms with Crippen molar-refractivity contribution in [2.24, 2.45) is 5.73 Å². The summed E-state index contributed by atoms with van der Waals surface area (Å²) in [4.78, 5) is 2.55. The van der Waals surface area contributed by atoms with E-state index in [4.69, 9.17) is 5.73 Å². The summed E-state index contributed by atoms with van der Waals surface area (Å²) < 4.78 is 0. The summed E-state index contributed by atoms with van der Waals surface area (Å²) in [5.74, 6) is 0. The third-order valence-electron chi connectivity index (χ3n) is 5.48. The van der Waals surface area contributed by atoms with Crippen LogP contribution < -0.4 is 5.73 Å². The smallest absolute Gasteiger partial charge is 0.000672 e. The van der Waals surface area contributed by atoms with Crippen LogP contribution in [0.1, 0.15) is 122 Å². The lowest BCUT2D eigenvalue weighted by Gasteiger charge is -2.21. The van der Waals surface area contributed by atoms with Gasteiger partial charge in [0, 0.05) is 0 Å². The van der Waals surface area contributed by atoms with Crippen molar-refractivity contribution in [1.29, 1.82) is 0 Å². The van der Waals surface area contributed by atoms with Crippen molar-refractivity contribution in [2.45, 2.75) is 122 Å². The van der Waals surface area contributed by atoms with E-state index in [2.05, 4.69) is 18.7 Å². The average Bonchev–Trinajstić information content (AvgIpc) is 2.65. The number of nitrogens with zero attached hydrogens (tertiary/aromatic N) is 1. The molecule has 0 fully saturated rings. The molecule has 0 aromatic heterocycles. The molecule has 0 amide bonds. The van der Waals surface area contributed by atoms with Crippen LogP contribution in [0.2, 0.25) is 0 Å². The number of nitrogens with two attached hydrogens (primary N) is 1. The fourth-order valence-corrected chi connectivity index (χ4v) is 3.76. The summed E-state index contributed by atoms with van der Waals surface area (Å²) in [6.45, 7) is 10.6. The van der Waals surface area contributed by atoms with Gasteiger partial charge in [0.15, 0.2) is 0 Å². The molecule has 2 N–H and O–H groups in total. The second-order valence-electron chi connectivity index (χ2n) is 8.14. The van der Waals surface area contributed by atoms with Gasteiger partial charge in [0.05, 0.1) is 0 Å². The number of hydrogen-bond donors (Lipinski definition) is 1. The van der Waals surface area contributed by atoms with Gasteiger partial charge < -0.3 is 10.6 Å². The highest BCUT2D eigenvalue weighted by Gasteiger charge is 2.02. The van der Waals surface area contributed by atoms with Crippen molar-refractivity contribution >= 4 is 0 Å². The summed E-state index contributed by atoms with van der Waals surface area (Å²) in [5, 5.41) is 0. The molecule has 0 aliphatic rings. The molecule has 1 radical (unpaired) electrons. The Hall–Kier alpha value is -0.0800. The Bertz CT molecular complexity index is 242. The molecule has 2 heteroatoms. The summed E-state index contributed by atoms with van der Waals surface area (Å²) in [5.41, 5.74) is 5.62. The molecule has 2 nitrogen and oxygen atoms in total. The highest BCUT2D eigenvalue weighted by Crippen LogP contribution is 2.13. The summed E-state index contributed by atoms with van der Waals surface area (Å²) in [6.07, 6.45) is 25.2. The zero-order valence-corrected chi connectivity index (χ0v) is 18.3. The monoisotopic (exact) mass is 367 g/mol. The van der Waals surface area contributed by atoms with Crippen LogP contribution in [0.15, 0.2) is 0 Å². The van der Waals surface area contributed by atoms with E-state index in [1.54, 1.807) is 0 Å². The first-order valence-electron chi connectivity index (χ1n) is 12.1. The third kappa shape index (κ3) is 20.2. The van der Waals surface area contributed by atoms with Crippen molar-refractivity contribution in [2.75, 3.05) is 26.2 Å². The fourth-order valence-electron chi connectivity index (χ4n) is 3.76. The van der Waals surface area contributed by atoms with Crippen molar-refractivity contribution in [3.63, 3.8) is 0 Å². The van der Waals surface area contributed by atoms with Gasteiger partial charge in [0.2, 0.25) is 0 Å². The van der Waals surface area contributed by atoms with Crippen LogP contribution in [-0.2, 0) is 0 Å². The van der Waals surface area contributed by atoms with E-state index >= 15 is 0 Å². The first kappa shape index (κ1) is 25.9. The molecule has 0 spiro atoms. The molecule has 0 aromatic rings. The zero-order chi connectivity index (χ0) is 19.1. The quantitative estimate of drug-likeness (QED) is 0.206. The van der Waals surface area contributed by atoms with E-state index in [-0.39, 0.29) is 0 Å². The van der Waals surface area contributed by atoms with Crippen LogP contribution in [0.25, 0.3) is 0 Å². The predicted molar refractivity (Wildman–Crippen MR) is 120 cm³/mol. The van der Waals surface area contributed by atoms with Crippen LogP contribution in [0.3, 0.4) is 0 Å². The second-order valence-corrected chi connectivity index (χ2v) is 8.14. The van der Waals surface area contributed by atoms with E-state index in [9.17, 15) is 0 Å². The maximum Gasteiger partial charge on any atom is -0.000672 e. The van der Waals surface area contributed by atoms with Gasteiger partial charge in [-0.3, -0.25) is 0 Å². The van der Waals surface area contributed by atoms with Crippen molar-refractivity contribution in [3.8, 4) is 0 Å². The van der Waals surface area contributed by atoms with Crippen LogP contribution in [0.5, 0.6) is 0 Å². The molecule has 0 saturated carbocycles. The van der Waals surface area contributed by atoms with Crippen LogP contribution in [0.4, 0.5) is 0 Å². The van der Waals surface area contributed by atoms with Crippen LogP contribution in [0, 0.1) is 6.92 Å². The Morgan fingerprint density at radius 3 is 1.31 bits per heavy atom. The van der Waals surface area contributed by atoms with E-state index in [0.717, 1.165) is 32.5 Å². The molecular weight excluding hydrogens is 316 g/mol. The molecule has 26 heavy (non-hydrogen) atoms. The van der Waals surface area contributed by atoms with Gasteiger partial charge in [0.25, 0.3) is 0 Å². The second kappa shape index (κ2) is 23.0. The Balaban J connectivity index is 3.18. The fraction of sp³-hybridized carbons (Fsp3) is 0.958. The normalized spacial score (nSPS) is 11.5. The lowest BCUT2D eigenvalue weighted by atomic mass is 10.0. The summed E-state index contributed by atoms with van der Waals surface area (Å²) >= 11 is 0. The average molecular weight is 368 g/mol. The highest BCUT2D eigenvalue weighted by molar-refractivity contribution is 4.60. The van der Waals surface area contributed by atoms with Gasteiger partial charge in [-0.25, -0.2) is 0 Å². The number of rotatable bonds is 22. The Morgan fingerprint density at radius 2 is 0.923 bits per heavy atom. The molecule has 0 heterocycles. The first-order valence-corrected chi connectivity index (χ1v) is 12.1.